The Bertz CT molecular complexity index is 378. The summed E-state index contributed by atoms with van der Waals surface area (Å²) in [5.74, 6) is 1.59. The summed E-state index contributed by atoms with van der Waals surface area (Å²) in [6.45, 7) is 0.637. The second kappa shape index (κ2) is 5.06. The summed E-state index contributed by atoms with van der Waals surface area (Å²) in [6.07, 6.45) is 3.49. The normalized spacial score (nSPS) is 14.9. The van der Waals surface area contributed by atoms with Crippen LogP contribution in [0, 0.1) is 0 Å². The van der Waals surface area contributed by atoms with Crippen molar-refractivity contribution in [2.75, 3.05) is 13.7 Å². The molecule has 0 bridgehead atoms. The van der Waals surface area contributed by atoms with E-state index in [2.05, 4.69) is 15.9 Å². The lowest BCUT2D eigenvalue weighted by Gasteiger charge is -2.13. The molecule has 1 aromatic carbocycles. The van der Waals surface area contributed by atoms with Gasteiger partial charge in [-0.1, -0.05) is 0 Å². The summed E-state index contributed by atoms with van der Waals surface area (Å²) >= 11 is 3.52. The molecule has 0 radical (unpaired) electrons. The molecule has 0 atom stereocenters. The van der Waals surface area contributed by atoms with Gasteiger partial charge in [-0.05, 0) is 59.4 Å². The zero-order chi connectivity index (χ0) is 11.5. The van der Waals surface area contributed by atoms with Crippen LogP contribution in [0.2, 0.25) is 0 Å². The van der Waals surface area contributed by atoms with Gasteiger partial charge in [-0.2, -0.15) is 0 Å². The Hall–Kier alpha value is -0.740. The van der Waals surface area contributed by atoms with E-state index in [0.29, 0.717) is 12.6 Å². The predicted molar refractivity (Wildman–Crippen MR) is 67.1 cm³/mol. The molecule has 1 aromatic rings. The molecule has 88 valence electrons. The van der Waals surface area contributed by atoms with E-state index in [9.17, 15) is 0 Å². The van der Waals surface area contributed by atoms with Crippen LogP contribution in [0.1, 0.15) is 18.4 Å². The number of rotatable bonds is 5. The lowest BCUT2D eigenvalue weighted by Crippen LogP contribution is -2.04. The quantitative estimate of drug-likeness (QED) is 0.904. The van der Waals surface area contributed by atoms with Gasteiger partial charge in [-0.25, -0.2) is 0 Å². The highest BCUT2D eigenvalue weighted by Gasteiger charge is 2.26. The van der Waals surface area contributed by atoms with Gasteiger partial charge in [0.1, 0.15) is 0 Å². The molecule has 0 aromatic heterocycles. The molecule has 1 aliphatic carbocycles. The monoisotopic (exact) mass is 285 g/mol. The number of methoxy groups -OCH3 is 1. The fourth-order valence-corrected chi connectivity index (χ4v) is 2.13. The first kappa shape index (κ1) is 11.7. The number of halogens is 1. The van der Waals surface area contributed by atoms with Crippen molar-refractivity contribution in [3.63, 3.8) is 0 Å². The van der Waals surface area contributed by atoms with E-state index in [1.807, 2.05) is 12.1 Å². The van der Waals surface area contributed by atoms with Crippen LogP contribution in [-0.4, -0.2) is 19.8 Å². The average molecular weight is 286 g/mol. The van der Waals surface area contributed by atoms with E-state index >= 15 is 0 Å². The topological polar surface area (TPSA) is 44.5 Å². The van der Waals surface area contributed by atoms with Crippen molar-refractivity contribution in [2.45, 2.75) is 25.4 Å². The minimum Gasteiger partial charge on any atom is -0.493 e. The van der Waals surface area contributed by atoms with Crippen molar-refractivity contribution >= 4 is 15.9 Å². The molecule has 0 amide bonds. The van der Waals surface area contributed by atoms with E-state index in [0.717, 1.165) is 40.8 Å². The zero-order valence-corrected chi connectivity index (χ0v) is 10.9. The molecule has 1 fully saturated rings. The number of ether oxygens (including phenoxy) is 2. The van der Waals surface area contributed by atoms with E-state index in [-0.39, 0.29) is 0 Å². The number of hydrogen-bond donors (Lipinski definition) is 1. The Morgan fingerprint density at radius 3 is 2.75 bits per heavy atom. The van der Waals surface area contributed by atoms with Gasteiger partial charge >= 0.3 is 0 Å². The minimum absolute atomic E-state index is 0.366. The smallest absolute Gasteiger partial charge is 0.175 e. The van der Waals surface area contributed by atoms with E-state index in [1.165, 1.54) is 0 Å². The van der Waals surface area contributed by atoms with Crippen LogP contribution in [0.4, 0.5) is 0 Å². The fraction of sp³-hybridized carbons (Fsp3) is 0.500. The van der Waals surface area contributed by atoms with Crippen LogP contribution >= 0.6 is 15.9 Å². The van der Waals surface area contributed by atoms with Gasteiger partial charge in [0.2, 0.25) is 0 Å². The molecule has 2 rings (SSSR count). The van der Waals surface area contributed by atoms with Crippen LogP contribution in [0.3, 0.4) is 0 Å². The van der Waals surface area contributed by atoms with Crippen LogP contribution in [0.25, 0.3) is 0 Å². The van der Waals surface area contributed by atoms with Crippen molar-refractivity contribution in [2.24, 2.45) is 5.73 Å². The molecule has 16 heavy (non-hydrogen) atoms. The highest BCUT2D eigenvalue weighted by Crippen LogP contribution is 2.40. The summed E-state index contributed by atoms with van der Waals surface area (Å²) < 4.78 is 12.1. The summed E-state index contributed by atoms with van der Waals surface area (Å²) in [7, 11) is 1.66. The van der Waals surface area contributed by atoms with Crippen molar-refractivity contribution in [1.29, 1.82) is 0 Å². The Morgan fingerprint density at radius 2 is 2.19 bits per heavy atom. The Labute approximate surface area is 104 Å². The largest absolute Gasteiger partial charge is 0.493 e. The van der Waals surface area contributed by atoms with Gasteiger partial charge in [0.05, 0.1) is 17.7 Å². The van der Waals surface area contributed by atoms with Gasteiger partial charge < -0.3 is 15.2 Å². The minimum atomic E-state index is 0.366. The molecule has 1 aliphatic rings. The summed E-state index contributed by atoms with van der Waals surface area (Å²) in [6, 6.07) is 4.04. The van der Waals surface area contributed by atoms with Crippen LogP contribution in [0.5, 0.6) is 11.5 Å². The highest BCUT2D eigenvalue weighted by atomic mass is 79.9. The molecule has 4 heteroatoms. The maximum absolute atomic E-state index is 5.81. The second-order valence-corrected chi connectivity index (χ2v) is 4.82. The van der Waals surface area contributed by atoms with Gasteiger partial charge in [-0.3, -0.25) is 0 Å². The Balaban J connectivity index is 2.26. The van der Waals surface area contributed by atoms with Crippen molar-refractivity contribution in [3.8, 4) is 11.5 Å². The summed E-state index contributed by atoms with van der Waals surface area (Å²) in [4.78, 5) is 0. The SMILES string of the molecule is COc1cc(CCN)cc(Br)c1OC1CC1. The second-order valence-electron chi connectivity index (χ2n) is 3.96. The summed E-state index contributed by atoms with van der Waals surface area (Å²) in [5, 5.41) is 0. The zero-order valence-electron chi connectivity index (χ0n) is 9.33. The molecule has 2 N–H and O–H groups in total. The molecule has 1 saturated carbocycles. The molecule has 0 saturated heterocycles. The fourth-order valence-electron chi connectivity index (χ4n) is 1.55. The third-order valence-corrected chi connectivity index (χ3v) is 3.12. The molecular weight excluding hydrogens is 270 g/mol. The van der Waals surface area contributed by atoms with Crippen LogP contribution in [-0.2, 0) is 6.42 Å². The third kappa shape index (κ3) is 2.68. The molecule has 3 nitrogen and oxygen atoms in total. The molecule has 0 heterocycles. The standard InChI is InChI=1S/C12H16BrNO2/c1-15-11-7-8(4-5-14)6-10(13)12(11)16-9-2-3-9/h6-7,9H,2-5,14H2,1H3. The highest BCUT2D eigenvalue weighted by molar-refractivity contribution is 9.10. The lowest BCUT2D eigenvalue weighted by atomic mass is 10.1. The first-order valence-corrected chi connectivity index (χ1v) is 6.27. The van der Waals surface area contributed by atoms with Gasteiger partial charge in [0.25, 0.3) is 0 Å². The maximum Gasteiger partial charge on any atom is 0.175 e. The summed E-state index contributed by atoms with van der Waals surface area (Å²) in [5.41, 5.74) is 6.71. The van der Waals surface area contributed by atoms with Crippen molar-refractivity contribution < 1.29 is 9.47 Å². The van der Waals surface area contributed by atoms with Gasteiger partial charge in [0, 0.05) is 0 Å². The predicted octanol–water partition coefficient (Wildman–Crippen LogP) is 2.50. The van der Waals surface area contributed by atoms with Crippen LogP contribution in [0.15, 0.2) is 16.6 Å². The first-order chi connectivity index (χ1) is 7.74. The van der Waals surface area contributed by atoms with E-state index in [4.69, 9.17) is 15.2 Å². The van der Waals surface area contributed by atoms with Crippen molar-refractivity contribution in [3.05, 3.63) is 22.2 Å². The average Bonchev–Trinajstić information content (AvgIpc) is 3.06. The maximum atomic E-state index is 5.81. The molecular formula is C12H16BrNO2. The first-order valence-electron chi connectivity index (χ1n) is 5.47. The van der Waals surface area contributed by atoms with Crippen LogP contribution < -0.4 is 15.2 Å². The molecule has 0 aliphatic heterocycles. The Kier molecular flexibility index (Phi) is 3.71. The third-order valence-electron chi connectivity index (χ3n) is 2.53. The number of benzene rings is 1. The Morgan fingerprint density at radius 1 is 1.44 bits per heavy atom. The van der Waals surface area contributed by atoms with E-state index in [1.54, 1.807) is 7.11 Å². The molecule has 0 unspecified atom stereocenters. The number of hydrogen-bond acceptors (Lipinski definition) is 3. The van der Waals surface area contributed by atoms with Gasteiger partial charge in [0.15, 0.2) is 11.5 Å². The number of nitrogens with two attached hydrogens (primary N) is 1. The lowest BCUT2D eigenvalue weighted by molar-refractivity contribution is 0.280. The van der Waals surface area contributed by atoms with Crippen molar-refractivity contribution in [1.82, 2.24) is 0 Å². The molecule has 0 spiro atoms. The van der Waals surface area contributed by atoms with Gasteiger partial charge in [-0.15, -0.1) is 0 Å². The van der Waals surface area contributed by atoms with E-state index < -0.39 is 0 Å².